The molecule has 0 saturated heterocycles. The molecule has 0 aromatic heterocycles. The van der Waals surface area contributed by atoms with Gasteiger partial charge in [-0.1, -0.05) is 72.3 Å². The van der Waals surface area contributed by atoms with E-state index in [4.69, 9.17) is 0 Å². The zero-order valence-electron chi connectivity index (χ0n) is 15.4. The first-order valence-electron chi connectivity index (χ1n) is 8.97. The molecule has 0 atom stereocenters. The van der Waals surface area contributed by atoms with Gasteiger partial charge in [0.2, 0.25) is 10.0 Å². The van der Waals surface area contributed by atoms with E-state index in [9.17, 15) is 8.42 Å². The molecule has 0 bridgehead atoms. The van der Waals surface area contributed by atoms with Gasteiger partial charge < -0.3 is 5.32 Å². The van der Waals surface area contributed by atoms with E-state index in [0.717, 1.165) is 5.56 Å². The predicted octanol–water partition coefficient (Wildman–Crippen LogP) is 3.73. The highest BCUT2D eigenvalue weighted by molar-refractivity contribution is 7.89. The van der Waals surface area contributed by atoms with E-state index < -0.39 is 10.0 Å². The Labute approximate surface area is 161 Å². The molecule has 0 aliphatic carbocycles. The van der Waals surface area contributed by atoms with Crippen LogP contribution in [0, 0.1) is 6.92 Å². The molecular formula is C22H24N2O2S. The lowest BCUT2D eigenvalue weighted by Gasteiger charge is -2.11. The zero-order valence-corrected chi connectivity index (χ0v) is 16.2. The van der Waals surface area contributed by atoms with Gasteiger partial charge in [-0.3, -0.25) is 0 Å². The quantitative estimate of drug-likeness (QED) is 0.586. The summed E-state index contributed by atoms with van der Waals surface area (Å²) in [7, 11) is -3.46. The molecule has 27 heavy (non-hydrogen) atoms. The maximum absolute atomic E-state index is 12.3. The van der Waals surface area contributed by atoms with Crippen LogP contribution in [0.4, 0.5) is 0 Å². The molecule has 0 aliphatic rings. The largest absolute Gasteiger partial charge is 0.311 e. The molecule has 4 nitrogen and oxygen atoms in total. The van der Waals surface area contributed by atoms with E-state index in [2.05, 4.69) is 34.3 Å². The van der Waals surface area contributed by atoms with Crippen LogP contribution in [0.3, 0.4) is 0 Å². The third kappa shape index (κ3) is 5.26. The minimum absolute atomic E-state index is 0.294. The molecule has 140 valence electrons. The van der Waals surface area contributed by atoms with E-state index in [0.29, 0.717) is 24.5 Å². The summed E-state index contributed by atoms with van der Waals surface area (Å²) >= 11 is 0. The average Bonchev–Trinajstić information content (AvgIpc) is 2.69. The summed E-state index contributed by atoms with van der Waals surface area (Å²) in [6.45, 7) is 3.50. The van der Waals surface area contributed by atoms with Gasteiger partial charge in [0.1, 0.15) is 0 Å². The summed E-state index contributed by atoms with van der Waals surface area (Å²) in [6, 6.07) is 25.3. The Morgan fingerprint density at radius 1 is 0.778 bits per heavy atom. The van der Waals surface area contributed by atoms with E-state index in [1.54, 1.807) is 24.3 Å². The van der Waals surface area contributed by atoms with Crippen molar-refractivity contribution in [2.45, 2.75) is 18.4 Å². The summed E-state index contributed by atoms with van der Waals surface area (Å²) in [4.78, 5) is 0.294. The van der Waals surface area contributed by atoms with Crippen molar-refractivity contribution in [2.75, 3.05) is 13.1 Å². The second-order valence-corrected chi connectivity index (χ2v) is 8.18. The van der Waals surface area contributed by atoms with Crippen LogP contribution in [-0.4, -0.2) is 21.5 Å². The molecule has 0 aliphatic heterocycles. The number of benzene rings is 3. The molecule has 0 unspecified atom stereocenters. The fourth-order valence-corrected chi connectivity index (χ4v) is 3.90. The Morgan fingerprint density at radius 2 is 1.44 bits per heavy atom. The summed E-state index contributed by atoms with van der Waals surface area (Å²) in [5.41, 5.74) is 4.58. The van der Waals surface area contributed by atoms with Crippen LogP contribution in [-0.2, 0) is 16.6 Å². The van der Waals surface area contributed by atoms with Crippen molar-refractivity contribution in [3.05, 3.63) is 90.0 Å². The van der Waals surface area contributed by atoms with Crippen molar-refractivity contribution in [1.82, 2.24) is 10.0 Å². The molecule has 0 radical (unpaired) electrons. The van der Waals surface area contributed by atoms with E-state index in [1.165, 1.54) is 16.7 Å². The summed E-state index contributed by atoms with van der Waals surface area (Å²) in [6.07, 6.45) is 0. The van der Waals surface area contributed by atoms with Gasteiger partial charge in [0.25, 0.3) is 0 Å². The first-order chi connectivity index (χ1) is 13.1. The number of sulfonamides is 1. The lowest BCUT2D eigenvalue weighted by molar-refractivity contribution is 0.576. The Hall–Kier alpha value is -2.47. The van der Waals surface area contributed by atoms with Crippen LogP contribution in [0.25, 0.3) is 11.1 Å². The second-order valence-electron chi connectivity index (χ2n) is 6.41. The van der Waals surface area contributed by atoms with E-state index in [-0.39, 0.29) is 0 Å². The Bertz CT molecular complexity index is 969. The summed E-state index contributed by atoms with van der Waals surface area (Å²) < 4.78 is 27.2. The minimum Gasteiger partial charge on any atom is -0.311 e. The molecule has 3 aromatic carbocycles. The van der Waals surface area contributed by atoms with Gasteiger partial charge in [-0.15, -0.1) is 0 Å². The Balaban J connectivity index is 1.53. The van der Waals surface area contributed by atoms with Crippen molar-refractivity contribution in [3.63, 3.8) is 0 Å². The topological polar surface area (TPSA) is 58.2 Å². The number of rotatable bonds is 8. The molecule has 5 heteroatoms. The standard InChI is InChI=1S/C22H24N2O2S/c1-18-11-13-21(14-12-18)27(25,26)24-16-15-23-17-20-9-5-6-10-22(20)19-7-3-2-4-8-19/h2-14,23-24H,15-17H2,1H3. The number of hydrogen-bond donors (Lipinski definition) is 2. The van der Waals surface area contributed by atoms with Crippen LogP contribution in [0.15, 0.2) is 83.8 Å². The van der Waals surface area contributed by atoms with E-state index in [1.807, 2.05) is 37.3 Å². The zero-order chi connectivity index (χ0) is 19.1. The lowest BCUT2D eigenvalue weighted by atomic mass is 10.00. The molecule has 0 spiro atoms. The van der Waals surface area contributed by atoms with Crippen LogP contribution in [0.1, 0.15) is 11.1 Å². The number of hydrogen-bond acceptors (Lipinski definition) is 3. The molecule has 2 N–H and O–H groups in total. The van der Waals surface area contributed by atoms with Gasteiger partial charge in [0, 0.05) is 19.6 Å². The fourth-order valence-electron chi connectivity index (χ4n) is 2.87. The molecule has 0 fully saturated rings. The summed E-state index contributed by atoms with van der Waals surface area (Å²) in [5, 5.41) is 3.32. The van der Waals surface area contributed by atoms with Gasteiger partial charge in [-0.2, -0.15) is 0 Å². The number of nitrogens with one attached hydrogen (secondary N) is 2. The SMILES string of the molecule is Cc1ccc(S(=O)(=O)NCCNCc2ccccc2-c2ccccc2)cc1. The Morgan fingerprint density at radius 3 is 2.19 bits per heavy atom. The molecule has 0 saturated carbocycles. The van der Waals surface area contributed by atoms with Crippen molar-refractivity contribution < 1.29 is 8.42 Å². The van der Waals surface area contributed by atoms with Crippen molar-refractivity contribution >= 4 is 10.0 Å². The van der Waals surface area contributed by atoms with Crippen molar-refractivity contribution in [3.8, 4) is 11.1 Å². The van der Waals surface area contributed by atoms with E-state index >= 15 is 0 Å². The van der Waals surface area contributed by atoms with Gasteiger partial charge in [0.05, 0.1) is 4.90 Å². The van der Waals surface area contributed by atoms with Crippen LogP contribution in [0.2, 0.25) is 0 Å². The predicted molar refractivity (Wildman–Crippen MR) is 110 cm³/mol. The van der Waals surface area contributed by atoms with Crippen LogP contribution in [0.5, 0.6) is 0 Å². The van der Waals surface area contributed by atoms with Gasteiger partial charge in [-0.25, -0.2) is 13.1 Å². The van der Waals surface area contributed by atoms with Gasteiger partial charge >= 0.3 is 0 Å². The van der Waals surface area contributed by atoms with Gasteiger partial charge in [-0.05, 0) is 35.7 Å². The molecule has 0 heterocycles. The summed E-state index contributed by atoms with van der Waals surface area (Å²) in [5.74, 6) is 0. The number of aryl methyl sites for hydroxylation is 1. The van der Waals surface area contributed by atoms with Gasteiger partial charge in [0.15, 0.2) is 0 Å². The average molecular weight is 381 g/mol. The normalized spacial score (nSPS) is 11.4. The monoisotopic (exact) mass is 380 g/mol. The molecular weight excluding hydrogens is 356 g/mol. The third-order valence-corrected chi connectivity index (χ3v) is 5.82. The smallest absolute Gasteiger partial charge is 0.240 e. The van der Waals surface area contributed by atoms with Crippen LogP contribution < -0.4 is 10.0 Å². The second kappa shape index (κ2) is 8.95. The highest BCUT2D eigenvalue weighted by Crippen LogP contribution is 2.23. The minimum atomic E-state index is -3.46. The highest BCUT2D eigenvalue weighted by Gasteiger charge is 2.12. The molecule has 3 rings (SSSR count). The van der Waals surface area contributed by atoms with Crippen molar-refractivity contribution in [1.29, 1.82) is 0 Å². The molecule has 3 aromatic rings. The highest BCUT2D eigenvalue weighted by atomic mass is 32.2. The Kier molecular flexibility index (Phi) is 6.40. The maximum atomic E-state index is 12.3. The molecule has 0 amide bonds. The first-order valence-corrected chi connectivity index (χ1v) is 10.4. The third-order valence-electron chi connectivity index (χ3n) is 4.34. The fraction of sp³-hybridized carbons (Fsp3) is 0.182. The first kappa shape index (κ1) is 19.3. The lowest BCUT2D eigenvalue weighted by Crippen LogP contribution is -2.31. The maximum Gasteiger partial charge on any atom is 0.240 e. The van der Waals surface area contributed by atoms with Crippen molar-refractivity contribution in [2.24, 2.45) is 0 Å². The van der Waals surface area contributed by atoms with Crippen LogP contribution >= 0.6 is 0 Å².